The van der Waals surface area contributed by atoms with Gasteiger partial charge < -0.3 is 0 Å². The van der Waals surface area contributed by atoms with Crippen LogP contribution in [0.3, 0.4) is 0 Å². The van der Waals surface area contributed by atoms with Crippen molar-refractivity contribution in [2.75, 3.05) is 5.75 Å². The molecule has 2 aromatic rings. The maximum atomic E-state index is 5.75. The maximum absolute atomic E-state index is 5.75. The summed E-state index contributed by atoms with van der Waals surface area (Å²) >= 11 is 3.65. The van der Waals surface area contributed by atoms with E-state index >= 15 is 0 Å². The van der Waals surface area contributed by atoms with E-state index in [0.29, 0.717) is 5.92 Å². The van der Waals surface area contributed by atoms with Gasteiger partial charge in [0, 0.05) is 16.6 Å². The summed E-state index contributed by atoms with van der Waals surface area (Å²) in [6.45, 7) is 0. The van der Waals surface area contributed by atoms with E-state index in [4.69, 9.17) is 5.84 Å². The number of thiophene rings is 1. The van der Waals surface area contributed by atoms with Crippen LogP contribution in [0.5, 0.6) is 0 Å². The number of nitrogens with one attached hydrogen (secondary N) is 1. The Kier molecular flexibility index (Phi) is 3.20. The van der Waals surface area contributed by atoms with Crippen molar-refractivity contribution in [1.29, 1.82) is 0 Å². The highest BCUT2D eigenvalue weighted by molar-refractivity contribution is 7.99. The van der Waals surface area contributed by atoms with Gasteiger partial charge in [-0.25, -0.2) is 0 Å². The van der Waals surface area contributed by atoms with E-state index < -0.39 is 0 Å². The molecule has 2 unspecified atom stereocenters. The van der Waals surface area contributed by atoms with Crippen LogP contribution in [0.2, 0.25) is 0 Å². The molecule has 1 aliphatic rings. The van der Waals surface area contributed by atoms with Crippen LogP contribution in [0.1, 0.15) is 23.1 Å². The molecule has 0 bridgehead atoms. The number of hydrogen-bond donors (Lipinski definition) is 2. The molecule has 2 nitrogen and oxygen atoms in total. The molecule has 17 heavy (non-hydrogen) atoms. The average molecular weight is 262 g/mol. The zero-order valence-electron chi connectivity index (χ0n) is 9.30. The van der Waals surface area contributed by atoms with Crippen molar-refractivity contribution >= 4 is 23.1 Å². The molecule has 4 heteroatoms. The molecular formula is C13H14N2S2. The minimum Gasteiger partial charge on any atom is -0.271 e. The second-order valence-corrected chi connectivity index (χ2v) is 6.00. The second kappa shape index (κ2) is 4.82. The van der Waals surface area contributed by atoms with Crippen LogP contribution < -0.4 is 11.3 Å². The van der Waals surface area contributed by atoms with Gasteiger partial charge in [-0.05, 0) is 34.0 Å². The van der Waals surface area contributed by atoms with Crippen molar-refractivity contribution in [1.82, 2.24) is 5.43 Å². The molecule has 0 saturated carbocycles. The van der Waals surface area contributed by atoms with E-state index in [2.05, 4.69) is 46.5 Å². The van der Waals surface area contributed by atoms with E-state index in [9.17, 15) is 0 Å². The van der Waals surface area contributed by atoms with Gasteiger partial charge in [0.2, 0.25) is 0 Å². The van der Waals surface area contributed by atoms with Crippen LogP contribution in [0, 0.1) is 0 Å². The molecule has 88 valence electrons. The van der Waals surface area contributed by atoms with Crippen molar-refractivity contribution in [3.05, 3.63) is 52.2 Å². The molecule has 0 spiro atoms. The minimum atomic E-state index is 0.220. The first-order valence-electron chi connectivity index (χ1n) is 5.60. The summed E-state index contributed by atoms with van der Waals surface area (Å²) in [5.74, 6) is 7.32. The normalized spacial score (nSPS) is 20.2. The topological polar surface area (TPSA) is 38.0 Å². The van der Waals surface area contributed by atoms with Gasteiger partial charge in [0.15, 0.2) is 0 Å². The molecule has 0 aliphatic carbocycles. The monoisotopic (exact) mass is 262 g/mol. The summed E-state index contributed by atoms with van der Waals surface area (Å²) < 4.78 is 0. The third-order valence-corrected chi connectivity index (χ3v) is 5.13. The predicted molar refractivity (Wildman–Crippen MR) is 74.3 cm³/mol. The van der Waals surface area contributed by atoms with E-state index in [1.54, 1.807) is 11.3 Å². The molecule has 1 aromatic heterocycles. The zero-order chi connectivity index (χ0) is 11.7. The molecule has 0 radical (unpaired) electrons. The summed E-state index contributed by atoms with van der Waals surface area (Å²) in [6.07, 6.45) is 0. The molecule has 1 aromatic carbocycles. The van der Waals surface area contributed by atoms with Gasteiger partial charge in [-0.1, -0.05) is 18.2 Å². The molecule has 2 heterocycles. The largest absolute Gasteiger partial charge is 0.271 e. The Bertz CT molecular complexity index is 496. The smallest absolute Gasteiger partial charge is 0.0545 e. The summed E-state index contributed by atoms with van der Waals surface area (Å²) in [7, 11) is 0. The van der Waals surface area contributed by atoms with Crippen molar-refractivity contribution in [3.63, 3.8) is 0 Å². The Labute approximate surface area is 109 Å². The summed E-state index contributed by atoms with van der Waals surface area (Å²) in [5.41, 5.74) is 5.69. The third-order valence-electron chi connectivity index (χ3n) is 3.22. The summed E-state index contributed by atoms with van der Waals surface area (Å²) in [6, 6.07) is 11.0. The molecule has 0 amide bonds. The van der Waals surface area contributed by atoms with E-state index in [1.807, 2.05) is 11.8 Å². The fourth-order valence-corrected chi connectivity index (χ4v) is 4.35. The quantitative estimate of drug-likeness (QED) is 0.659. The van der Waals surface area contributed by atoms with Gasteiger partial charge in [-0.3, -0.25) is 11.3 Å². The van der Waals surface area contributed by atoms with Gasteiger partial charge in [-0.2, -0.15) is 11.3 Å². The lowest BCUT2D eigenvalue weighted by molar-refractivity contribution is 0.486. The Morgan fingerprint density at radius 3 is 2.94 bits per heavy atom. The highest BCUT2D eigenvalue weighted by Gasteiger charge is 2.30. The van der Waals surface area contributed by atoms with Crippen LogP contribution in [0.15, 0.2) is 46.0 Å². The lowest BCUT2D eigenvalue weighted by atomic mass is 9.90. The third kappa shape index (κ3) is 2.02. The fraction of sp³-hybridized carbons (Fsp3) is 0.231. The number of hydrazine groups is 1. The van der Waals surface area contributed by atoms with Crippen molar-refractivity contribution in [2.45, 2.75) is 16.9 Å². The Hall–Kier alpha value is -0.810. The highest BCUT2D eigenvalue weighted by Crippen LogP contribution is 2.45. The Balaban J connectivity index is 1.95. The summed E-state index contributed by atoms with van der Waals surface area (Å²) in [4.78, 5) is 1.40. The van der Waals surface area contributed by atoms with Crippen LogP contribution in [0.25, 0.3) is 0 Å². The SMILES string of the molecule is NNC(c1ccsc1)C1CSc2ccccc21. The molecule has 3 rings (SSSR count). The average Bonchev–Trinajstić information content (AvgIpc) is 3.01. The van der Waals surface area contributed by atoms with Crippen LogP contribution in [0.4, 0.5) is 0 Å². The molecular weight excluding hydrogens is 248 g/mol. The summed E-state index contributed by atoms with van der Waals surface area (Å²) in [5, 5.41) is 4.28. The van der Waals surface area contributed by atoms with Gasteiger partial charge in [-0.15, -0.1) is 11.8 Å². The van der Waals surface area contributed by atoms with Crippen molar-refractivity contribution in [3.8, 4) is 0 Å². The fourth-order valence-electron chi connectivity index (χ4n) is 2.36. The van der Waals surface area contributed by atoms with Crippen LogP contribution >= 0.6 is 23.1 Å². The van der Waals surface area contributed by atoms with E-state index in [-0.39, 0.29) is 6.04 Å². The predicted octanol–water partition coefficient (Wildman–Crippen LogP) is 3.14. The number of nitrogens with two attached hydrogens (primary N) is 1. The number of rotatable bonds is 3. The molecule has 2 atom stereocenters. The number of thioether (sulfide) groups is 1. The lowest BCUT2D eigenvalue weighted by Crippen LogP contribution is -2.32. The molecule has 0 saturated heterocycles. The molecule has 0 fully saturated rings. The Morgan fingerprint density at radius 1 is 1.29 bits per heavy atom. The van der Waals surface area contributed by atoms with Crippen molar-refractivity contribution in [2.24, 2.45) is 5.84 Å². The van der Waals surface area contributed by atoms with Gasteiger partial charge in [0.05, 0.1) is 6.04 Å². The maximum Gasteiger partial charge on any atom is 0.0545 e. The highest BCUT2D eigenvalue weighted by atomic mass is 32.2. The lowest BCUT2D eigenvalue weighted by Gasteiger charge is -2.22. The van der Waals surface area contributed by atoms with Crippen molar-refractivity contribution < 1.29 is 0 Å². The zero-order valence-corrected chi connectivity index (χ0v) is 10.9. The second-order valence-electron chi connectivity index (χ2n) is 4.16. The minimum absolute atomic E-state index is 0.220. The van der Waals surface area contributed by atoms with Gasteiger partial charge in [0.25, 0.3) is 0 Å². The first-order valence-corrected chi connectivity index (χ1v) is 7.53. The van der Waals surface area contributed by atoms with E-state index in [1.165, 1.54) is 16.0 Å². The standard InChI is InChI=1S/C13H14N2S2/c14-15-13(9-5-6-16-7-9)11-8-17-12-4-2-1-3-10(11)12/h1-7,11,13,15H,8,14H2. The number of benzene rings is 1. The number of hydrogen-bond acceptors (Lipinski definition) is 4. The molecule has 3 N–H and O–H groups in total. The first-order chi connectivity index (χ1) is 8.40. The first kappa shape index (κ1) is 11.3. The number of fused-ring (bicyclic) bond motifs is 1. The van der Waals surface area contributed by atoms with Crippen LogP contribution in [-0.4, -0.2) is 5.75 Å². The van der Waals surface area contributed by atoms with Gasteiger partial charge in [0.1, 0.15) is 0 Å². The van der Waals surface area contributed by atoms with Crippen LogP contribution in [-0.2, 0) is 0 Å². The Morgan fingerprint density at radius 2 is 2.18 bits per heavy atom. The van der Waals surface area contributed by atoms with Gasteiger partial charge >= 0.3 is 0 Å². The molecule has 1 aliphatic heterocycles. The van der Waals surface area contributed by atoms with E-state index in [0.717, 1.165) is 5.75 Å².